The zero-order chi connectivity index (χ0) is 32.4. The molecular formula is C37H48N4O2S. The van der Waals surface area contributed by atoms with Gasteiger partial charge >= 0.3 is 0 Å². The Kier molecular flexibility index (Phi) is 12.3. The number of carbonyl (C=O) groups is 2. The van der Waals surface area contributed by atoms with E-state index >= 15 is 0 Å². The highest BCUT2D eigenvalue weighted by Crippen LogP contribution is 2.31. The quantitative estimate of drug-likeness (QED) is 0.214. The number of allylic oxidation sites excluding steroid dienone is 7. The number of fused-ring (bicyclic) bond motifs is 1. The molecule has 0 spiro atoms. The van der Waals surface area contributed by atoms with Gasteiger partial charge in [0.1, 0.15) is 5.82 Å². The van der Waals surface area contributed by atoms with Gasteiger partial charge in [-0.05, 0) is 59.1 Å². The van der Waals surface area contributed by atoms with Crippen LogP contribution in [0.15, 0.2) is 88.9 Å². The van der Waals surface area contributed by atoms with E-state index in [0.29, 0.717) is 37.4 Å². The maximum Gasteiger partial charge on any atom is 0.257 e. The third-order valence-electron chi connectivity index (χ3n) is 7.65. The lowest BCUT2D eigenvalue weighted by atomic mass is 9.92. The molecule has 0 radical (unpaired) electrons. The van der Waals surface area contributed by atoms with E-state index in [2.05, 4.69) is 71.1 Å². The van der Waals surface area contributed by atoms with Crippen LogP contribution in [0.25, 0.3) is 0 Å². The predicted molar refractivity (Wildman–Crippen MR) is 185 cm³/mol. The minimum Gasteiger partial charge on any atom is -0.333 e. The summed E-state index contributed by atoms with van der Waals surface area (Å²) < 4.78 is 1.87. The number of carbonyl (C=O) groups excluding carboxylic acids is 2. The molecule has 4 rings (SSSR count). The van der Waals surface area contributed by atoms with Crippen LogP contribution in [0.2, 0.25) is 0 Å². The fourth-order valence-corrected chi connectivity index (χ4v) is 5.58. The van der Waals surface area contributed by atoms with Gasteiger partial charge in [-0.1, -0.05) is 92.6 Å². The van der Waals surface area contributed by atoms with Crippen LogP contribution in [0.1, 0.15) is 94.4 Å². The first-order valence-corrected chi connectivity index (χ1v) is 16.1. The van der Waals surface area contributed by atoms with Crippen molar-refractivity contribution in [3.05, 3.63) is 116 Å². The van der Waals surface area contributed by atoms with E-state index in [1.807, 2.05) is 78.2 Å². The minimum atomic E-state index is -0.135. The van der Waals surface area contributed by atoms with Crippen LogP contribution in [0.5, 0.6) is 0 Å². The van der Waals surface area contributed by atoms with Gasteiger partial charge in [-0.3, -0.25) is 9.59 Å². The summed E-state index contributed by atoms with van der Waals surface area (Å²) in [6, 6.07) is 12.1. The molecule has 0 unspecified atom stereocenters. The fraction of sp³-hybridized carbons (Fsp3) is 0.378. The molecule has 0 aliphatic carbocycles. The second-order valence-electron chi connectivity index (χ2n) is 12.3. The summed E-state index contributed by atoms with van der Waals surface area (Å²) in [5.74, 6) is 0.624. The summed E-state index contributed by atoms with van der Waals surface area (Å²) in [5, 5.41) is 9.84. The van der Waals surface area contributed by atoms with Gasteiger partial charge in [0.25, 0.3) is 5.91 Å². The smallest absolute Gasteiger partial charge is 0.257 e. The molecule has 3 heterocycles. The molecule has 7 heteroatoms. The second kappa shape index (κ2) is 15.7. The summed E-state index contributed by atoms with van der Waals surface area (Å²) in [4.78, 5) is 28.9. The Balaban J connectivity index is 0.000000456. The van der Waals surface area contributed by atoms with Crippen LogP contribution in [-0.4, -0.2) is 33.0 Å². The number of aromatic nitrogens is 2. The molecule has 1 aliphatic heterocycles. The molecular weight excluding hydrogens is 565 g/mol. The molecule has 2 aromatic heterocycles. The number of rotatable bonds is 7. The van der Waals surface area contributed by atoms with Gasteiger partial charge < -0.3 is 10.2 Å². The summed E-state index contributed by atoms with van der Waals surface area (Å²) in [6.45, 7) is 20.2. The van der Waals surface area contributed by atoms with Crippen LogP contribution in [0, 0.1) is 0 Å². The van der Waals surface area contributed by atoms with Crippen LogP contribution in [-0.2, 0) is 29.7 Å². The number of thiophene rings is 1. The molecule has 234 valence electrons. The summed E-state index contributed by atoms with van der Waals surface area (Å²) in [5.41, 5.74) is 7.13. The fourth-order valence-electron chi connectivity index (χ4n) is 4.49. The number of hydrogen-bond acceptors (Lipinski definition) is 4. The zero-order valence-corrected chi connectivity index (χ0v) is 28.6. The highest BCUT2D eigenvalue weighted by atomic mass is 32.1. The average molecular weight is 613 g/mol. The van der Waals surface area contributed by atoms with Gasteiger partial charge in [0.2, 0.25) is 5.91 Å². The standard InChI is InChI=1S/C27H32N4O2S.C10H16/c1-6-18(2)26(33)30-13-12-20-21(17-34-22(20)16-30)25(32)28-24-14-23(27(3,4)5)29-31(24)15-19-10-8-7-9-11-19;1-5-6-7-8-10(4)9(2)3/h6-11,14,17H,12-13,15-16H2,1-5H3,(H,28,32);5-8H,1-4H3/b18-6+;6-5-,8-7-. The Morgan fingerprint density at radius 2 is 1.75 bits per heavy atom. The normalized spacial score (nSPS) is 13.5. The van der Waals surface area contributed by atoms with Crippen molar-refractivity contribution >= 4 is 29.0 Å². The molecule has 1 aromatic carbocycles. The van der Waals surface area contributed by atoms with Crippen molar-refractivity contribution in [2.45, 2.75) is 87.2 Å². The molecule has 1 aliphatic rings. The number of nitrogens with one attached hydrogen (secondary N) is 1. The molecule has 0 bridgehead atoms. The van der Waals surface area contributed by atoms with E-state index in [1.54, 1.807) is 11.3 Å². The number of nitrogens with zero attached hydrogens (tertiary/aromatic N) is 3. The SMILES string of the molecule is C/C=C(\C)C(=O)N1CCc2c(C(=O)Nc3cc(C(C)(C)C)nn3Cc3ccccc3)csc2C1.C/C=C\C=C/C(C)=C(C)C. The van der Waals surface area contributed by atoms with Crippen molar-refractivity contribution in [1.29, 1.82) is 0 Å². The first-order chi connectivity index (χ1) is 20.8. The van der Waals surface area contributed by atoms with Crippen molar-refractivity contribution in [3.8, 4) is 0 Å². The van der Waals surface area contributed by atoms with Gasteiger partial charge in [0, 0.05) is 33.9 Å². The summed E-state index contributed by atoms with van der Waals surface area (Å²) in [6.07, 6.45) is 10.8. The molecule has 1 N–H and O–H groups in total. The van der Waals surface area contributed by atoms with Gasteiger partial charge in [-0.25, -0.2) is 4.68 Å². The van der Waals surface area contributed by atoms with E-state index < -0.39 is 0 Å². The number of hydrogen-bond donors (Lipinski definition) is 1. The molecule has 3 aromatic rings. The summed E-state index contributed by atoms with van der Waals surface area (Å²) in [7, 11) is 0. The van der Waals surface area contributed by atoms with E-state index in [0.717, 1.165) is 27.3 Å². The van der Waals surface area contributed by atoms with Crippen molar-refractivity contribution in [2.75, 3.05) is 11.9 Å². The van der Waals surface area contributed by atoms with E-state index in [1.165, 1.54) is 11.1 Å². The third-order valence-corrected chi connectivity index (χ3v) is 8.67. The molecule has 0 saturated carbocycles. The molecule has 2 amide bonds. The largest absolute Gasteiger partial charge is 0.333 e. The Morgan fingerprint density at radius 1 is 1.05 bits per heavy atom. The van der Waals surface area contributed by atoms with Gasteiger partial charge in [-0.2, -0.15) is 5.10 Å². The van der Waals surface area contributed by atoms with Crippen molar-refractivity contribution in [2.24, 2.45) is 0 Å². The van der Waals surface area contributed by atoms with Crippen molar-refractivity contribution in [1.82, 2.24) is 14.7 Å². The number of anilines is 1. The molecule has 0 saturated heterocycles. The lowest BCUT2D eigenvalue weighted by Crippen LogP contribution is -2.36. The topological polar surface area (TPSA) is 67.2 Å². The van der Waals surface area contributed by atoms with Gasteiger partial charge in [0.05, 0.1) is 24.3 Å². The maximum absolute atomic E-state index is 13.3. The molecule has 44 heavy (non-hydrogen) atoms. The zero-order valence-electron chi connectivity index (χ0n) is 27.8. The Morgan fingerprint density at radius 3 is 2.36 bits per heavy atom. The second-order valence-corrected chi connectivity index (χ2v) is 13.3. The Labute approximate surface area is 267 Å². The third kappa shape index (κ3) is 9.26. The lowest BCUT2D eigenvalue weighted by Gasteiger charge is -2.27. The van der Waals surface area contributed by atoms with Gasteiger partial charge in [-0.15, -0.1) is 11.3 Å². The highest BCUT2D eigenvalue weighted by molar-refractivity contribution is 7.10. The highest BCUT2D eigenvalue weighted by Gasteiger charge is 2.28. The average Bonchev–Trinajstić information content (AvgIpc) is 3.61. The van der Waals surface area contributed by atoms with Crippen molar-refractivity contribution < 1.29 is 9.59 Å². The first-order valence-electron chi connectivity index (χ1n) is 15.2. The number of amides is 2. The van der Waals surface area contributed by atoms with E-state index in [4.69, 9.17) is 5.10 Å². The summed E-state index contributed by atoms with van der Waals surface area (Å²) >= 11 is 1.55. The minimum absolute atomic E-state index is 0.0621. The van der Waals surface area contributed by atoms with Gasteiger partial charge in [0.15, 0.2) is 0 Å². The van der Waals surface area contributed by atoms with Crippen LogP contribution in [0.4, 0.5) is 5.82 Å². The number of benzene rings is 1. The van der Waals surface area contributed by atoms with Crippen molar-refractivity contribution in [3.63, 3.8) is 0 Å². The Hall–Kier alpha value is -3.97. The van der Waals surface area contributed by atoms with E-state index in [-0.39, 0.29) is 17.2 Å². The predicted octanol–water partition coefficient (Wildman–Crippen LogP) is 8.87. The molecule has 0 fully saturated rings. The van der Waals surface area contributed by atoms with E-state index in [9.17, 15) is 9.59 Å². The molecule has 0 atom stereocenters. The van der Waals surface area contributed by atoms with Crippen LogP contribution >= 0.6 is 11.3 Å². The Bertz CT molecular complexity index is 1560. The maximum atomic E-state index is 13.3. The monoisotopic (exact) mass is 612 g/mol. The molecule has 6 nitrogen and oxygen atoms in total. The first kappa shape index (κ1) is 34.5. The van der Waals surface area contributed by atoms with Crippen LogP contribution in [0.3, 0.4) is 0 Å². The lowest BCUT2D eigenvalue weighted by molar-refractivity contribution is -0.127. The van der Waals surface area contributed by atoms with Crippen LogP contribution < -0.4 is 5.32 Å².